The molecular formula is C14H21N3. The van der Waals surface area contributed by atoms with Crippen molar-refractivity contribution in [3.8, 4) is 0 Å². The van der Waals surface area contributed by atoms with Gasteiger partial charge in [0.05, 0.1) is 0 Å². The normalized spacial score (nSPS) is 24.9. The Morgan fingerprint density at radius 3 is 2.76 bits per heavy atom. The van der Waals surface area contributed by atoms with E-state index in [9.17, 15) is 0 Å². The maximum absolute atomic E-state index is 5.86. The Kier molecular flexibility index (Phi) is 4.02. The molecule has 2 atom stereocenters. The first kappa shape index (κ1) is 12.0. The van der Waals surface area contributed by atoms with Crippen LogP contribution >= 0.6 is 0 Å². The van der Waals surface area contributed by atoms with Crippen molar-refractivity contribution in [2.75, 3.05) is 11.9 Å². The fourth-order valence-corrected chi connectivity index (χ4v) is 2.43. The zero-order valence-corrected chi connectivity index (χ0v) is 10.4. The Morgan fingerprint density at radius 2 is 2.12 bits per heavy atom. The van der Waals surface area contributed by atoms with E-state index in [1.165, 1.54) is 19.3 Å². The first-order valence-electron chi connectivity index (χ1n) is 6.36. The minimum absolute atomic E-state index is 0.524. The maximum atomic E-state index is 5.86. The molecule has 2 rings (SSSR count). The lowest BCUT2D eigenvalue weighted by molar-refractivity contribution is 0.526. The minimum Gasteiger partial charge on any atom is -0.370 e. The van der Waals surface area contributed by atoms with E-state index in [4.69, 9.17) is 5.73 Å². The molecule has 0 aliphatic heterocycles. The van der Waals surface area contributed by atoms with E-state index in [2.05, 4.69) is 17.2 Å². The Balaban J connectivity index is 1.81. The average molecular weight is 231 g/mol. The molecule has 1 aromatic rings. The Morgan fingerprint density at radius 1 is 1.35 bits per heavy atom. The van der Waals surface area contributed by atoms with Gasteiger partial charge in [-0.15, -0.1) is 0 Å². The predicted octanol–water partition coefficient (Wildman–Crippen LogP) is 2.85. The number of para-hydroxylation sites is 1. The monoisotopic (exact) mass is 231 g/mol. The molecule has 0 bridgehead atoms. The number of rotatable bonds is 3. The van der Waals surface area contributed by atoms with E-state index in [1.807, 2.05) is 30.3 Å². The lowest BCUT2D eigenvalue weighted by Gasteiger charge is -2.08. The number of nitrogens with two attached hydrogens (primary N) is 1. The van der Waals surface area contributed by atoms with Crippen molar-refractivity contribution in [3.63, 3.8) is 0 Å². The summed E-state index contributed by atoms with van der Waals surface area (Å²) in [4.78, 5) is 4.42. The summed E-state index contributed by atoms with van der Waals surface area (Å²) in [5, 5.41) is 3.10. The van der Waals surface area contributed by atoms with Crippen molar-refractivity contribution in [1.82, 2.24) is 0 Å². The van der Waals surface area contributed by atoms with Gasteiger partial charge in [0.2, 0.25) is 0 Å². The van der Waals surface area contributed by atoms with E-state index in [0.29, 0.717) is 5.96 Å². The fraction of sp³-hybridized carbons (Fsp3) is 0.500. The first-order valence-corrected chi connectivity index (χ1v) is 6.36. The summed E-state index contributed by atoms with van der Waals surface area (Å²) in [6.45, 7) is 3.17. The van der Waals surface area contributed by atoms with Crippen LogP contribution in [0.5, 0.6) is 0 Å². The topological polar surface area (TPSA) is 50.4 Å². The number of guanidine groups is 1. The predicted molar refractivity (Wildman–Crippen MR) is 73.1 cm³/mol. The van der Waals surface area contributed by atoms with Crippen LogP contribution in [-0.4, -0.2) is 12.5 Å². The number of anilines is 1. The molecule has 2 unspecified atom stereocenters. The number of hydrogen-bond acceptors (Lipinski definition) is 1. The zero-order valence-electron chi connectivity index (χ0n) is 10.4. The molecule has 1 fully saturated rings. The third kappa shape index (κ3) is 3.77. The summed E-state index contributed by atoms with van der Waals surface area (Å²) in [7, 11) is 0. The molecule has 0 heterocycles. The van der Waals surface area contributed by atoms with Gasteiger partial charge in [0, 0.05) is 12.2 Å². The lowest BCUT2D eigenvalue weighted by Crippen LogP contribution is -2.23. The van der Waals surface area contributed by atoms with Crippen molar-refractivity contribution in [2.45, 2.75) is 26.2 Å². The quantitative estimate of drug-likeness (QED) is 0.621. The van der Waals surface area contributed by atoms with Crippen molar-refractivity contribution in [1.29, 1.82) is 0 Å². The van der Waals surface area contributed by atoms with E-state index in [0.717, 1.165) is 24.1 Å². The number of benzene rings is 1. The number of nitrogens with one attached hydrogen (secondary N) is 1. The van der Waals surface area contributed by atoms with E-state index in [-0.39, 0.29) is 0 Å². The highest BCUT2D eigenvalue weighted by molar-refractivity contribution is 5.92. The average Bonchev–Trinajstić information content (AvgIpc) is 2.74. The third-order valence-corrected chi connectivity index (χ3v) is 3.37. The van der Waals surface area contributed by atoms with Gasteiger partial charge in [0.1, 0.15) is 0 Å². The molecule has 0 amide bonds. The van der Waals surface area contributed by atoms with E-state index in [1.54, 1.807) is 0 Å². The molecular weight excluding hydrogens is 210 g/mol. The molecule has 1 aliphatic rings. The fourth-order valence-electron chi connectivity index (χ4n) is 2.43. The summed E-state index contributed by atoms with van der Waals surface area (Å²) in [5.41, 5.74) is 6.85. The van der Waals surface area contributed by atoms with Gasteiger partial charge in [-0.1, -0.05) is 31.5 Å². The molecule has 0 saturated heterocycles. The van der Waals surface area contributed by atoms with Gasteiger partial charge in [-0.3, -0.25) is 4.99 Å². The minimum atomic E-state index is 0.524. The third-order valence-electron chi connectivity index (χ3n) is 3.37. The molecule has 3 N–H and O–H groups in total. The molecule has 0 radical (unpaired) electrons. The molecule has 0 spiro atoms. The van der Waals surface area contributed by atoms with Gasteiger partial charge >= 0.3 is 0 Å². The molecule has 1 aromatic carbocycles. The summed E-state index contributed by atoms with van der Waals surface area (Å²) < 4.78 is 0. The van der Waals surface area contributed by atoms with Crippen LogP contribution in [0.1, 0.15) is 26.2 Å². The van der Waals surface area contributed by atoms with Crippen LogP contribution in [0.2, 0.25) is 0 Å². The number of hydrogen-bond donors (Lipinski definition) is 2. The van der Waals surface area contributed by atoms with Crippen molar-refractivity contribution < 1.29 is 0 Å². The van der Waals surface area contributed by atoms with Crippen LogP contribution in [0.3, 0.4) is 0 Å². The molecule has 17 heavy (non-hydrogen) atoms. The second kappa shape index (κ2) is 5.71. The van der Waals surface area contributed by atoms with Crippen LogP contribution < -0.4 is 11.1 Å². The molecule has 0 aromatic heterocycles. The van der Waals surface area contributed by atoms with Gasteiger partial charge < -0.3 is 11.1 Å². The summed E-state index contributed by atoms with van der Waals surface area (Å²) >= 11 is 0. The molecule has 92 valence electrons. The molecule has 3 heteroatoms. The van der Waals surface area contributed by atoms with Crippen LogP contribution in [-0.2, 0) is 0 Å². The first-order chi connectivity index (χ1) is 8.24. The van der Waals surface area contributed by atoms with E-state index >= 15 is 0 Å². The van der Waals surface area contributed by atoms with Crippen LogP contribution in [0, 0.1) is 11.8 Å². The highest BCUT2D eigenvalue weighted by atomic mass is 15.1. The Hall–Kier alpha value is -1.51. The van der Waals surface area contributed by atoms with Crippen LogP contribution in [0.15, 0.2) is 35.3 Å². The summed E-state index contributed by atoms with van der Waals surface area (Å²) in [6.07, 6.45) is 3.93. The van der Waals surface area contributed by atoms with Crippen molar-refractivity contribution in [3.05, 3.63) is 30.3 Å². The van der Waals surface area contributed by atoms with Gasteiger partial charge in [0.25, 0.3) is 0 Å². The van der Waals surface area contributed by atoms with Gasteiger partial charge in [-0.05, 0) is 36.8 Å². The summed E-state index contributed by atoms with van der Waals surface area (Å²) in [5.74, 6) is 2.11. The zero-order chi connectivity index (χ0) is 12.1. The smallest absolute Gasteiger partial charge is 0.193 e. The lowest BCUT2D eigenvalue weighted by atomic mass is 10.1. The van der Waals surface area contributed by atoms with Gasteiger partial charge in [-0.2, -0.15) is 0 Å². The Bertz CT molecular complexity index is 372. The molecule has 1 saturated carbocycles. The van der Waals surface area contributed by atoms with Crippen molar-refractivity contribution in [2.24, 2.45) is 22.6 Å². The largest absolute Gasteiger partial charge is 0.370 e. The SMILES string of the molecule is CC1CCC(CN=C(N)Nc2ccccc2)C1. The van der Waals surface area contributed by atoms with E-state index < -0.39 is 0 Å². The maximum Gasteiger partial charge on any atom is 0.193 e. The second-order valence-corrected chi connectivity index (χ2v) is 5.00. The Labute approximate surface area is 103 Å². The van der Waals surface area contributed by atoms with Crippen molar-refractivity contribution >= 4 is 11.6 Å². The van der Waals surface area contributed by atoms with Gasteiger partial charge in [0.15, 0.2) is 5.96 Å². The summed E-state index contributed by atoms with van der Waals surface area (Å²) in [6, 6.07) is 9.92. The van der Waals surface area contributed by atoms with Gasteiger partial charge in [-0.25, -0.2) is 0 Å². The van der Waals surface area contributed by atoms with Crippen LogP contribution in [0.25, 0.3) is 0 Å². The number of aliphatic imine (C=N–C) groups is 1. The number of nitrogens with zero attached hydrogens (tertiary/aromatic N) is 1. The second-order valence-electron chi connectivity index (χ2n) is 5.00. The standard InChI is InChI=1S/C14H21N3/c1-11-7-8-12(9-11)10-16-14(15)17-13-5-3-2-4-6-13/h2-6,11-12H,7-10H2,1H3,(H3,15,16,17). The van der Waals surface area contributed by atoms with Crippen LogP contribution in [0.4, 0.5) is 5.69 Å². The molecule has 3 nitrogen and oxygen atoms in total. The molecule has 1 aliphatic carbocycles. The highest BCUT2D eigenvalue weighted by Gasteiger charge is 2.20. The highest BCUT2D eigenvalue weighted by Crippen LogP contribution is 2.30.